The van der Waals surface area contributed by atoms with Gasteiger partial charge < -0.3 is 10.2 Å². The van der Waals surface area contributed by atoms with Gasteiger partial charge in [-0.3, -0.25) is 19.9 Å². The Hall–Kier alpha value is -3.14. The molecule has 0 unspecified atom stereocenters. The summed E-state index contributed by atoms with van der Waals surface area (Å²) in [5.74, 6) is -1.12. The van der Waals surface area contributed by atoms with Crippen LogP contribution >= 0.6 is 23.2 Å². The first kappa shape index (κ1) is 24.0. The molecule has 2 aromatic rings. The van der Waals surface area contributed by atoms with Crippen molar-refractivity contribution < 1.29 is 19.8 Å². The second-order valence-corrected chi connectivity index (χ2v) is 8.97. The lowest BCUT2D eigenvalue weighted by molar-refractivity contribution is -0.138. The van der Waals surface area contributed by atoms with Crippen LogP contribution in [0, 0.1) is 0 Å². The minimum Gasteiger partial charge on any atom is -0.505 e. The predicted molar refractivity (Wildman–Crippen MR) is 132 cm³/mol. The molecule has 1 amide bonds. The van der Waals surface area contributed by atoms with Gasteiger partial charge in [-0.1, -0.05) is 35.3 Å². The number of carbonyl (C=O) groups is 2. The Kier molecular flexibility index (Phi) is 7.06. The molecule has 0 aromatic heterocycles. The zero-order chi connectivity index (χ0) is 24.4. The molecular formula is C23H23Cl2N5O4. The average molecular weight is 504 g/mol. The van der Waals surface area contributed by atoms with Crippen LogP contribution in [0.3, 0.4) is 0 Å². The number of para-hydroxylation sites is 1. The number of carboxylic acid groups (broad SMARTS) is 1. The Morgan fingerprint density at radius 1 is 1.21 bits per heavy atom. The summed E-state index contributed by atoms with van der Waals surface area (Å²) >= 11 is 12.0. The van der Waals surface area contributed by atoms with Crippen LogP contribution in [0.1, 0.15) is 31.2 Å². The number of halogens is 2. The molecule has 2 heterocycles. The molecule has 0 bridgehead atoms. The number of hydrogen-bond acceptors (Lipinski definition) is 7. The largest absolute Gasteiger partial charge is 0.505 e. The molecule has 2 aliphatic heterocycles. The monoisotopic (exact) mass is 503 g/mol. The number of carbonyl (C=O) groups excluding carboxylic acids is 1. The highest BCUT2D eigenvalue weighted by Gasteiger charge is 2.31. The number of hydrazone groups is 2. The summed E-state index contributed by atoms with van der Waals surface area (Å²) in [5, 5.41) is 30.2. The van der Waals surface area contributed by atoms with Crippen LogP contribution in [0.15, 0.2) is 46.6 Å². The Morgan fingerprint density at radius 3 is 2.62 bits per heavy atom. The maximum atomic E-state index is 12.9. The number of aliphatic carboxylic acids is 1. The molecule has 1 fully saturated rings. The third-order valence-corrected chi connectivity index (χ3v) is 6.62. The van der Waals surface area contributed by atoms with Crippen molar-refractivity contribution in [3.8, 4) is 5.75 Å². The Balaban J connectivity index is 1.48. The molecule has 0 radical (unpaired) electrons. The number of nitrogens with zero attached hydrogens (tertiary/aromatic N) is 4. The third kappa shape index (κ3) is 5.01. The molecule has 0 atom stereocenters. The van der Waals surface area contributed by atoms with E-state index in [1.54, 1.807) is 37.3 Å². The fraction of sp³-hybridized carbons (Fsp3) is 0.304. The molecule has 0 saturated carbocycles. The number of likely N-dealkylation sites (tertiary alicyclic amines) is 1. The number of piperidine rings is 1. The Morgan fingerprint density at radius 2 is 1.94 bits per heavy atom. The number of phenolic OH excluding ortho intramolecular Hbond substituents is 1. The van der Waals surface area contributed by atoms with Crippen molar-refractivity contribution in [2.24, 2.45) is 10.2 Å². The van der Waals surface area contributed by atoms with Gasteiger partial charge in [-0.25, -0.2) is 0 Å². The summed E-state index contributed by atoms with van der Waals surface area (Å²) in [6, 6.07) is 10.1. The van der Waals surface area contributed by atoms with Crippen LogP contribution < -0.4 is 10.4 Å². The number of aromatic hydroxyl groups is 1. The summed E-state index contributed by atoms with van der Waals surface area (Å²) in [6.07, 6.45) is 1.48. The Bertz CT molecular complexity index is 1190. The van der Waals surface area contributed by atoms with E-state index >= 15 is 0 Å². The van der Waals surface area contributed by atoms with Gasteiger partial charge >= 0.3 is 11.9 Å². The summed E-state index contributed by atoms with van der Waals surface area (Å²) in [5.41, 5.74) is 4.91. The van der Waals surface area contributed by atoms with Crippen molar-refractivity contribution in [1.82, 2.24) is 4.90 Å². The molecular weight excluding hydrogens is 481 g/mol. The maximum Gasteiger partial charge on any atom is 0.317 e. The fourth-order valence-corrected chi connectivity index (χ4v) is 4.40. The summed E-state index contributed by atoms with van der Waals surface area (Å²) in [6.45, 7) is 2.97. The molecule has 4 rings (SSSR count). The molecule has 34 heavy (non-hydrogen) atoms. The minimum absolute atomic E-state index is 0.0198. The van der Waals surface area contributed by atoms with Crippen molar-refractivity contribution in [2.45, 2.75) is 25.7 Å². The van der Waals surface area contributed by atoms with E-state index in [1.165, 1.54) is 5.01 Å². The third-order valence-electron chi connectivity index (χ3n) is 5.88. The van der Waals surface area contributed by atoms with Crippen molar-refractivity contribution in [3.05, 3.63) is 52.0 Å². The molecule has 178 valence electrons. The van der Waals surface area contributed by atoms with Gasteiger partial charge in [0.25, 0.3) is 0 Å². The molecule has 0 spiro atoms. The molecule has 1 saturated heterocycles. The number of hydrogen-bond donors (Lipinski definition) is 3. The van der Waals surface area contributed by atoms with E-state index in [-0.39, 0.29) is 23.9 Å². The number of benzene rings is 2. The minimum atomic E-state index is -0.843. The molecule has 2 aromatic carbocycles. The van der Waals surface area contributed by atoms with E-state index in [2.05, 4.69) is 15.6 Å². The van der Waals surface area contributed by atoms with Crippen LogP contribution in [0.4, 0.5) is 11.4 Å². The number of nitrogens with one attached hydrogen (secondary N) is 1. The fourth-order valence-electron chi connectivity index (χ4n) is 4.11. The van der Waals surface area contributed by atoms with Crippen LogP contribution in [0.5, 0.6) is 5.75 Å². The van der Waals surface area contributed by atoms with Crippen molar-refractivity contribution in [3.63, 3.8) is 0 Å². The quantitative estimate of drug-likeness (QED) is 0.402. The SMILES string of the molecule is CC1=NN(c2ccc(Cl)c(Cl)c2)C(=O)/C1=N\Nc1cccc(C2CCN(CC(=O)O)CC2)c1O. The van der Waals surface area contributed by atoms with Gasteiger partial charge in [0.2, 0.25) is 0 Å². The zero-order valence-corrected chi connectivity index (χ0v) is 19.8. The van der Waals surface area contributed by atoms with E-state index in [0.29, 0.717) is 40.2 Å². The van der Waals surface area contributed by atoms with Gasteiger partial charge in [-0.15, -0.1) is 0 Å². The van der Waals surface area contributed by atoms with E-state index in [4.69, 9.17) is 28.3 Å². The summed E-state index contributed by atoms with van der Waals surface area (Å²) in [7, 11) is 0. The zero-order valence-electron chi connectivity index (χ0n) is 18.3. The van der Waals surface area contributed by atoms with Crippen LogP contribution in [-0.2, 0) is 9.59 Å². The van der Waals surface area contributed by atoms with Gasteiger partial charge in [0, 0.05) is 0 Å². The van der Waals surface area contributed by atoms with Gasteiger partial charge in [0.1, 0.15) is 5.75 Å². The molecule has 0 aliphatic carbocycles. The van der Waals surface area contributed by atoms with Crippen LogP contribution in [-0.4, -0.2) is 58.0 Å². The topological polar surface area (TPSA) is 118 Å². The van der Waals surface area contributed by atoms with Crippen molar-refractivity contribution >= 4 is 57.9 Å². The lowest BCUT2D eigenvalue weighted by Crippen LogP contribution is -2.36. The van der Waals surface area contributed by atoms with Gasteiger partial charge in [-0.2, -0.15) is 15.2 Å². The van der Waals surface area contributed by atoms with E-state index in [0.717, 1.165) is 18.4 Å². The number of amides is 1. The highest BCUT2D eigenvalue weighted by Crippen LogP contribution is 2.38. The van der Waals surface area contributed by atoms with Crippen molar-refractivity contribution in [1.29, 1.82) is 0 Å². The standard InChI is InChI=1S/C23H23Cl2N5O4/c1-13-21(23(34)30(28-13)15-5-6-17(24)18(25)11-15)27-26-19-4-2-3-16(22(19)33)14-7-9-29(10-8-14)12-20(31)32/h2-6,11,14,26,33H,7-10,12H2,1H3,(H,31,32)/b27-21-. The van der Waals surface area contributed by atoms with Crippen LogP contribution in [0.2, 0.25) is 10.0 Å². The second-order valence-electron chi connectivity index (χ2n) is 8.16. The maximum absolute atomic E-state index is 12.9. The van der Waals surface area contributed by atoms with E-state index < -0.39 is 11.9 Å². The lowest BCUT2D eigenvalue weighted by Gasteiger charge is -2.31. The first-order valence-electron chi connectivity index (χ1n) is 10.7. The van der Waals surface area contributed by atoms with E-state index in [9.17, 15) is 14.7 Å². The first-order valence-corrected chi connectivity index (χ1v) is 11.4. The average Bonchev–Trinajstić information content (AvgIpc) is 3.08. The highest BCUT2D eigenvalue weighted by atomic mass is 35.5. The predicted octanol–water partition coefficient (Wildman–Crippen LogP) is 4.15. The van der Waals surface area contributed by atoms with Gasteiger partial charge in [0.05, 0.1) is 33.7 Å². The normalized spacial score (nSPS) is 18.4. The molecule has 11 heteroatoms. The van der Waals surface area contributed by atoms with E-state index in [1.807, 2.05) is 11.0 Å². The molecule has 2 aliphatic rings. The first-order chi connectivity index (χ1) is 16.2. The Labute approximate surface area is 206 Å². The smallest absolute Gasteiger partial charge is 0.317 e. The van der Waals surface area contributed by atoms with Gasteiger partial charge in [0.15, 0.2) is 5.71 Å². The molecule has 9 nitrogen and oxygen atoms in total. The van der Waals surface area contributed by atoms with Crippen LogP contribution in [0.25, 0.3) is 0 Å². The number of rotatable bonds is 6. The number of anilines is 2. The second kappa shape index (κ2) is 10.0. The summed E-state index contributed by atoms with van der Waals surface area (Å²) in [4.78, 5) is 25.7. The summed E-state index contributed by atoms with van der Waals surface area (Å²) < 4.78 is 0. The van der Waals surface area contributed by atoms with Crippen molar-refractivity contribution in [2.75, 3.05) is 30.1 Å². The molecule has 3 N–H and O–H groups in total. The van der Waals surface area contributed by atoms with Gasteiger partial charge in [-0.05, 0) is 68.6 Å². The highest BCUT2D eigenvalue weighted by molar-refractivity contribution is 6.71. The lowest BCUT2D eigenvalue weighted by atomic mass is 9.88. The number of carboxylic acids is 1. The number of phenols is 1.